The number of ether oxygens (including phenoxy) is 1. The van der Waals surface area contributed by atoms with Gasteiger partial charge in [0, 0.05) is 5.56 Å². The zero-order chi connectivity index (χ0) is 15.1. The SMILES string of the molecule is COc1cccc(CCNCC(F)(F)c2ccccc2)c1. The molecule has 0 unspecified atom stereocenters. The molecular weight excluding hydrogens is 272 g/mol. The van der Waals surface area contributed by atoms with E-state index < -0.39 is 5.92 Å². The standard InChI is InChI=1S/C17H19F2NO/c1-21-16-9-5-6-14(12-16)10-11-20-13-17(18,19)15-7-3-2-4-8-15/h2-9,12,20H,10-11,13H2,1H3. The van der Waals surface area contributed by atoms with Crippen molar-refractivity contribution in [2.45, 2.75) is 12.3 Å². The summed E-state index contributed by atoms with van der Waals surface area (Å²) < 4.78 is 33.0. The van der Waals surface area contributed by atoms with Gasteiger partial charge in [0.2, 0.25) is 0 Å². The highest BCUT2D eigenvalue weighted by molar-refractivity contribution is 5.28. The third-order valence-electron chi connectivity index (χ3n) is 3.27. The number of hydrogen-bond donors (Lipinski definition) is 1. The van der Waals surface area contributed by atoms with Crippen LogP contribution >= 0.6 is 0 Å². The molecular formula is C17H19F2NO. The van der Waals surface area contributed by atoms with Gasteiger partial charge in [-0.15, -0.1) is 0 Å². The van der Waals surface area contributed by atoms with Gasteiger partial charge in [-0.1, -0.05) is 42.5 Å². The minimum Gasteiger partial charge on any atom is -0.497 e. The monoisotopic (exact) mass is 291 g/mol. The van der Waals surface area contributed by atoms with E-state index >= 15 is 0 Å². The predicted octanol–water partition coefficient (Wildman–Crippen LogP) is 3.62. The van der Waals surface area contributed by atoms with Gasteiger partial charge >= 0.3 is 0 Å². The summed E-state index contributed by atoms with van der Waals surface area (Å²) in [4.78, 5) is 0. The quantitative estimate of drug-likeness (QED) is 0.787. The zero-order valence-electron chi connectivity index (χ0n) is 12.0. The van der Waals surface area contributed by atoms with E-state index in [2.05, 4.69) is 5.32 Å². The first kappa shape index (κ1) is 15.4. The number of benzene rings is 2. The summed E-state index contributed by atoms with van der Waals surface area (Å²) in [5.74, 6) is -2.07. The minimum absolute atomic E-state index is 0.0406. The second kappa shape index (κ2) is 7.18. The van der Waals surface area contributed by atoms with Crippen molar-refractivity contribution in [1.82, 2.24) is 5.32 Å². The van der Waals surface area contributed by atoms with E-state index in [0.717, 1.165) is 11.3 Å². The van der Waals surface area contributed by atoms with Crippen LogP contribution in [-0.2, 0) is 12.3 Å². The highest BCUT2D eigenvalue weighted by atomic mass is 19.3. The van der Waals surface area contributed by atoms with E-state index in [1.807, 2.05) is 24.3 Å². The number of hydrogen-bond acceptors (Lipinski definition) is 2. The van der Waals surface area contributed by atoms with Gasteiger partial charge in [-0.2, -0.15) is 8.78 Å². The summed E-state index contributed by atoms with van der Waals surface area (Å²) in [6, 6.07) is 15.5. The number of rotatable bonds is 7. The van der Waals surface area contributed by atoms with E-state index in [4.69, 9.17) is 4.74 Å². The molecule has 0 heterocycles. The average Bonchev–Trinajstić information content (AvgIpc) is 2.53. The molecule has 0 bridgehead atoms. The van der Waals surface area contributed by atoms with Gasteiger partial charge in [0.05, 0.1) is 13.7 Å². The first-order valence-electron chi connectivity index (χ1n) is 6.89. The number of nitrogens with one attached hydrogen (secondary N) is 1. The van der Waals surface area contributed by atoms with Crippen LogP contribution in [0.25, 0.3) is 0 Å². The Bertz CT molecular complexity index is 558. The maximum atomic E-state index is 13.9. The summed E-state index contributed by atoms with van der Waals surface area (Å²) >= 11 is 0. The fraction of sp³-hybridized carbons (Fsp3) is 0.294. The molecule has 21 heavy (non-hydrogen) atoms. The molecule has 2 rings (SSSR count). The molecule has 2 aromatic carbocycles. The molecule has 0 spiro atoms. The van der Waals surface area contributed by atoms with Crippen LogP contribution in [0.4, 0.5) is 8.78 Å². The van der Waals surface area contributed by atoms with Crippen LogP contribution in [0.15, 0.2) is 54.6 Å². The maximum Gasteiger partial charge on any atom is 0.285 e. The van der Waals surface area contributed by atoms with Gasteiger partial charge < -0.3 is 10.1 Å². The summed E-state index contributed by atoms with van der Waals surface area (Å²) in [6.45, 7) is 0.135. The summed E-state index contributed by atoms with van der Waals surface area (Å²) in [5, 5.41) is 2.82. The molecule has 0 saturated carbocycles. The van der Waals surface area contributed by atoms with Crippen molar-refractivity contribution >= 4 is 0 Å². The van der Waals surface area contributed by atoms with Crippen LogP contribution in [0.1, 0.15) is 11.1 Å². The van der Waals surface area contributed by atoms with Crippen LogP contribution in [0, 0.1) is 0 Å². The van der Waals surface area contributed by atoms with E-state index in [0.29, 0.717) is 13.0 Å². The first-order valence-corrected chi connectivity index (χ1v) is 6.89. The maximum absolute atomic E-state index is 13.9. The van der Waals surface area contributed by atoms with Crippen molar-refractivity contribution in [2.24, 2.45) is 0 Å². The Morgan fingerprint density at radius 3 is 2.52 bits per heavy atom. The van der Waals surface area contributed by atoms with E-state index in [1.54, 1.807) is 25.3 Å². The molecule has 1 N–H and O–H groups in total. The summed E-state index contributed by atoms with van der Waals surface area (Å²) in [6.07, 6.45) is 0.683. The molecule has 0 fully saturated rings. The van der Waals surface area contributed by atoms with Crippen molar-refractivity contribution in [3.8, 4) is 5.75 Å². The molecule has 2 nitrogen and oxygen atoms in total. The fourth-order valence-electron chi connectivity index (χ4n) is 2.09. The molecule has 0 aromatic heterocycles. The lowest BCUT2D eigenvalue weighted by atomic mass is 10.1. The summed E-state index contributed by atoms with van der Waals surface area (Å²) in [7, 11) is 1.61. The van der Waals surface area contributed by atoms with Crippen LogP contribution in [-0.4, -0.2) is 20.2 Å². The van der Waals surface area contributed by atoms with E-state index in [1.165, 1.54) is 12.1 Å². The Morgan fingerprint density at radius 2 is 1.81 bits per heavy atom. The lowest BCUT2D eigenvalue weighted by Crippen LogP contribution is -2.31. The molecule has 0 amide bonds. The van der Waals surface area contributed by atoms with Crippen LogP contribution in [0.3, 0.4) is 0 Å². The first-order chi connectivity index (χ1) is 10.1. The zero-order valence-corrected chi connectivity index (χ0v) is 12.0. The van der Waals surface area contributed by atoms with Gasteiger partial charge in [-0.3, -0.25) is 0 Å². The van der Waals surface area contributed by atoms with Crippen LogP contribution in [0.5, 0.6) is 5.75 Å². The number of methoxy groups -OCH3 is 1. The normalized spacial score (nSPS) is 11.4. The van der Waals surface area contributed by atoms with Gasteiger partial charge in [0.1, 0.15) is 5.75 Å². The van der Waals surface area contributed by atoms with Gasteiger partial charge in [0.25, 0.3) is 5.92 Å². The Balaban J connectivity index is 1.81. The fourth-order valence-corrected chi connectivity index (χ4v) is 2.09. The molecule has 2 aromatic rings. The predicted molar refractivity (Wildman–Crippen MR) is 79.9 cm³/mol. The van der Waals surface area contributed by atoms with Gasteiger partial charge in [-0.25, -0.2) is 0 Å². The Labute approximate surface area is 123 Å². The smallest absolute Gasteiger partial charge is 0.285 e. The third-order valence-corrected chi connectivity index (χ3v) is 3.27. The topological polar surface area (TPSA) is 21.3 Å². The number of alkyl halides is 2. The van der Waals surface area contributed by atoms with Crippen LogP contribution < -0.4 is 10.1 Å². The number of halogens is 2. The van der Waals surface area contributed by atoms with Gasteiger partial charge in [0.15, 0.2) is 0 Å². The average molecular weight is 291 g/mol. The van der Waals surface area contributed by atoms with E-state index in [-0.39, 0.29) is 12.1 Å². The molecule has 0 saturated heterocycles. The molecule has 112 valence electrons. The Morgan fingerprint density at radius 1 is 1.05 bits per heavy atom. The van der Waals surface area contributed by atoms with Crippen molar-refractivity contribution in [1.29, 1.82) is 0 Å². The van der Waals surface area contributed by atoms with Crippen molar-refractivity contribution in [3.05, 3.63) is 65.7 Å². The lowest BCUT2D eigenvalue weighted by Gasteiger charge is -2.17. The molecule has 0 aliphatic heterocycles. The van der Waals surface area contributed by atoms with Crippen LogP contribution in [0.2, 0.25) is 0 Å². The second-order valence-corrected chi connectivity index (χ2v) is 4.85. The lowest BCUT2D eigenvalue weighted by molar-refractivity contribution is -0.00286. The van der Waals surface area contributed by atoms with Crippen molar-refractivity contribution in [2.75, 3.05) is 20.2 Å². The highest BCUT2D eigenvalue weighted by Gasteiger charge is 2.30. The molecule has 4 heteroatoms. The van der Waals surface area contributed by atoms with Crippen molar-refractivity contribution in [3.63, 3.8) is 0 Å². The second-order valence-electron chi connectivity index (χ2n) is 4.85. The molecule has 0 atom stereocenters. The van der Waals surface area contributed by atoms with Gasteiger partial charge in [-0.05, 0) is 30.7 Å². The molecule has 0 radical (unpaired) electrons. The Kier molecular flexibility index (Phi) is 5.28. The molecule has 0 aliphatic carbocycles. The highest BCUT2D eigenvalue weighted by Crippen LogP contribution is 2.26. The molecule has 0 aliphatic rings. The minimum atomic E-state index is -2.85. The third kappa shape index (κ3) is 4.53. The largest absolute Gasteiger partial charge is 0.497 e. The summed E-state index contributed by atoms with van der Waals surface area (Å²) in [5.41, 5.74) is 1.10. The van der Waals surface area contributed by atoms with E-state index in [9.17, 15) is 8.78 Å². The van der Waals surface area contributed by atoms with Crippen molar-refractivity contribution < 1.29 is 13.5 Å². The Hall–Kier alpha value is -1.94.